The molecule has 0 spiro atoms. The van der Waals surface area contributed by atoms with E-state index < -0.39 is 23.3 Å². The predicted octanol–water partition coefficient (Wildman–Crippen LogP) is 3.72. The number of hydrogen-bond acceptors (Lipinski definition) is 5. The molecule has 0 bridgehead atoms. The highest BCUT2D eigenvalue weighted by Gasteiger charge is 2.45. The van der Waals surface area contributed by atoms with Gasteiger partial charge >= 0.3 is 6.18 Å². The first-order valence-corrected chi connectivity index (χ1v) is 9.19. The Morgan fingerprint density at radius 1 is 1.10 bits per heavy atom. The summed E-state index contributed by atoms with van der Waals surface area (Å²) in [6, 6.07) is 12.3. The number of halogens is 4. The van der Waals surface area contributed by atoms with Crippen LogP contribution in [0.1, 0.15) is 21.6 Å². The second-order valence-corrected chi connectivity index (χ2v) is 7.17. The number of benzene rings is 2. The average molecular weight is 432 g/mol. The van der Waals surface area contributed by atoms with Crippen LogP contribution < -0.4 is 5.32 Å². The van der Waals surface area contributed by atoms with Crippen molar-refractivity contribution in [3.63, 3.8) is 0 Å². The molecule has 1 fully saturated rings. The number of likely N-dealkylation sites (tertiary alicyclic amines) is 1. The summed E-state index contributed by atoms with van der Waals surface area (Å²) >= 11 is 0. The van der Waals surface area contributed by atoms with Gasteiger partial charge in [-0.2, -0.15) is 13.2 Å². The van der Waals surface area contributed by atoms with Gasteiger partial charge in [-0.05, 0) is 42.0 Å². The minimum Gasteiger partial charge on any atom is -0.381 e. The third-order valence-corrected chi connectivity index (χ3v) is 4.89. The quantitative estimate of drug-likeness (QED) is 0.615. The average Bonchev–Trinajstić information content (AvgIpc) is 2.71. The van der Waals surface area contributed by atoms with Crippen LogP contribution in [0.5, 0.6) is 0 Å². The van der Waals surface area contributed by atoms with Crippen LogP contribution in [0.4, 0.5) is 29.2 Å². The summed E-state index contributed by atoms with van der Waals surface area (Å²) in [4.78, 5) is 21.4. The highest BCUT2D eigenvalue weighted by molar-refractivity contribution is 5.96. The monoisotopic (exact) mass is 432 g/mol. The normalized spacial score (nSPS) is 15.3. The van der Waals surface area contributed by atoms with Gasteiger partial charge in [0.05, 0.1) is 13.1 Å². The Bertz CT molecular complexity index is 1110. The van der Waals surface area contributed by atoms with Crippen molar-refractivity contribution in [2.75, 3.05) is 18.4 Å². The molecule has 4 rings (SSSR count). The number of anilines is 2. The predicted molar refractivity (Wildman–Crippen MR) is 103 cm³/mol. The van der Waals surface area contributed by atoms with E-state index in [-0.39, 0.29) is 30.5 Å². The second kappa shape index (κ2) is 7.62. The molecule has 1 saturated heterocycles. The number of aromatic nitrogens is 2. The molecule has 0 radical (unpaired) electrons. The number of nitrogens with one attached hydrogen (secondary N) is 1. The lowest BCUT2D eigenvalue weighted by Crippen LogP contribution is -2.61. The lowest BCUT2D eigenvalue weighted by atomic mass is 9.85. The molecule has 3 aromatic rings. The first-order chi connectivity index (χ1) is 14.6. The molecule has 1 aliphatic heterocycles. The van der Waals surface area contributed by atoms with Gasteiger partial charge in [0.15, 0.2) is 0 Å². The van der Waals surface area contributed by atoms with Gasteiger partial charge in [0.25, 0.3) is 5.91 Å². The van der Waals surface area contributed by atoms with E-state index in [0.29, 0.717) is 11.3 Å². The van der Waals surface area contributed by atoms with Crippen LogP contribution in [0.25, 0.3) is 0 Å². The van der Waals surface area contributed by atoms with Gasteiger partial charge in [0.2, 0.25) is 5.95 Å². The zero-order chi connectivity index (χ0) is 22.2. The van der Waals surface area contributed by atoms with Crippen LogP contribution in [-0.4, -0.2) is 39.0 Å². The molecular weight excluding hydrogens is 416 g/mol. The number of amides is 1. The molecular formula is C21H16F4N4O2. The number of rotatable bonds is 4. The summed E-state index contributed by atoms with van der Waals surface area (Å²) in [7, 11) is 0. The second-order valence-electron chi connectivity index (χ2n) is 7.17. The topological polar surface area (TPSA) is 78.4 Å². The zero-order valence-electron chi connectivity index (χ0n) is 15.9. The van der Waals surface area contributed by atoms with E-state index in [1.807, 2.05) is 0 Å². The highest BCUT2D eigenvalue weighted by atomic mass is 19.4. The summed E-state index contributed by atoms with van der Waals surface area (Å²) in [5.74, 6) is -1.04. The third kappa shape index (κ3) is 4.33. The number of aliphatic hydroxyl groups is 1. The molecule has 1 amide bonds. The van der Waals surface area contributed by atoms with E-state index in [0.717, 1.165) is 12.3 Å². The summed E-state index contributed by atoms with van der Waals surface area (Å²) in [5.41, 5.74) is -1.23. The molecule has 0 aliphatic carbocycles. The van der Waals surface area contributed by atoms with E-state index in [1.165, 1.54) is 35.2 Å². The minimum absolute atomic E-state index is 0.0336. The summed E-state index contributed by atoms with van der Waals surface area (Å²) in [6.07, 6.45) is -3.61. The van der Waals surface area contributed by atoms with E-state index in [1.54, 1.807) is 18.2 Å². The Hall–Kier alpha value is -3.53. The van der Waals surface area contributed by atoms with E-state index in [4.69, 9.17) is 0 Å². The summed E-state index contributed by atoms with van der Waals surface area (Å²) in [6.45, 7) is 0.0672. The van der Waals surface area contributed by atoms with Gasteiger partial charge in [0.1, 0.15) is 17.1 Å². The van der Waals surface area contributed by atoms with Gasteiger partial charge < -0.3 is 15.3 Å². The van der Waals surface area contributed by atoms with Gasteiger partial charge in [-0.15, -0.1) is 0 Å². The lowest BCUT2D eigenvalue weighted by molar-refractivity contribution is -0.141. The van der Waals surface area contributed by atoms with Crippen LogP contribution in [0.15, 0.2) is 60.8 Å². The van der Waals surface area contributed by atoms with Crippen molar-refractivity contribution in [2.45, 2.75) is 11.8 Å². The molecule has 160 valence electrons. The number of carbonyl (C=O) groups is 1. The molecule has 10 heteroatoms. The maximum atomic E-state index is 13.1. The number of hydrogen-bond donors (Lipinski definition) is 2. The molecule has 0 unspecified atom stereocenters. The Balaban J connectivity index is 1.45. The zero-order valence-corrected chi connectivity index (χ0v) is 15.9. The van der Waals surface area contributed by atoms with E-state index in [9.17, 15) is 27.5 Å². The number of β-amino-alcohol motifs (C(OH)–C–C–N with tert-alkyl or cyclic N) is 1. The van der Waals surface area contributed by atoms with Crippen LogP contribution in [0.3, 0.4) is 0 Å². The van der Waals surface area contributed by atoms with Crippen LogP contribution in [0.2, 0.25) is 0 Å². The molecule has 2 N–H and O–H groups in total. The van der Waals surface area contributed by atoms with Crippen LogP contribution in [0, 0.1) is 5.82 Å². The van der Waals surface area contributed by atoms with Crippen molar-refractivity contribution < 1.29 is 27.5 Å². The SMILES string of the molecule is O=C(c1cccc(Nc2nccc(C(F)(F)F)n2)c1)N1CC(O)(c2ccc(F)cc2)C1. The number of carbonyl (C=O) groups excluding carboxylic acids is 1. The van der Waals surface area contributed by atoms with E-state index in [2.05, 4.69) is 15.3 Å². The van der Waals surface area contributed by atoms with Crippen molar-refractivity contribution in [1.82, 2.24) is 14.9 Å². The number of alkyl halides is 3. The highest BCUT2D eigenvalue weighted by Crippen LogP contribution is 2.33. The Labute approximate surface area is 174 Å². The fourth-order valence-electron chi connectivity index (χ4n) is 3.29. The lowest BCUT2D eigenvalue weighted by Gasteiger charge is -2.46. The first kappa shape index (κ1) is 20.7. The molecule has 2 aromatic carbocycles. The van der Waals surface area contributed by atoms with Gasteiger partial charge in [-0.3, -0.25) is 4.79 Å². The molecule has 6 nitrogen and oxygen atoms in total. The summed E-state index contributed by atoms with van der Waals surface area (Å²) in [5, 5.41) is 13.3. The van der Waals surface area contributed by atoms with Gasteiger partial charge in [-0.1, -0.05) is 18.2 Å². The van der Waals surface area contributed by atoms with Crippen molar-refractivity contribution in [2.24, 2.45) is 0 Å². The summed E-state index contributed by atoms with van der Waals surface area (Å²) < 4.78 is 51.5. The smallest absolute Gasteiger partial charge is 0.381 e. The van der Waals surface area contributed by atoms with Gasteiger partial charge in [-0.25, -0.2) is 14.4 Å². The molecule has 0 atom stereocenters. The maximum Gasteiger partial charge on any atom is 0.433 e. The fourth-order valence-corrected chi connectivity index (χ4v) is 3.29. The van der Waals surface area contributed by atoms with Crippen molar-refractivity contribution in [3.05, 3.63) is 83.4 Å². The maximum absolute atomic E-state index is 13.1. The van der Waals surface area contributed by atoms with Crippen LogP contribution in [-0.2, 0) is 11.8 Å². The minimum atomic E-state index is -4.60. The van der Waals surface area contributed by atoms with E-state index >= 15 is 0 Å². The fraction of sp³-hybridized carbons (Fsp3) is 0.190. The molecule has 0 saturated carbocycles. The number of nitrogens with zero attached hydrogens (tertiary/aromatic N) is 3. The van der Waals surface area contributed by atoms with Crippen molar-refractivity contribution >= 4 is 17.5 Å². The largest absolute Gasteiger partial charge is 0.433 e. The molecule has 2 heterocycles. The van der Waals surface area contributed by atoms with Gasteiger partial charge in [0, 0.05) is 17.4 Å². The molecule has 1 aliphatic rings. The van der Waals surface area contributed by atoms with Crippen molar-refractivity contribution in [3.8, 4) is 0 Å². The first-order valence-electron chi connectivity index (χ1n) is 9.19. The van der Waals surface area contributed by atoms with Crippen molar-refractivity contribution in [1.29, 1.82) is 0 Å². The molecule has 1 aromatic heterocycles. The van der Waals surface area contributed by atoms with Crippen LogP contribution >= 0.6 is 0 Å². The molecule has 31 heavy (non-hydrogen) atoms. The standard InChI is InChI=1S/C21H16F4N4O2/c22-15-6-4-14(5-7-15)20(31)11-29(12-20)18(30)13-2-1-3-16(10-13)27-19-26-9-8-17(28-19)21(23,24)25/h1-10,31H,11-12H2,(H,26,27,28). The Morgan fingerprint density at radius 2 is 1.81 bits per heavy atom. The Morgan fingerprint density at radius 3 is 2.48 bits per heavy atom. The Kier molecular flexibility index (Phi) is 5.10. The third-order valence-electron chi connectivity index (χ3n) is 4.89.